The molecule has 1 rings (SSSR count). The third-order valence-corrected chi connectivity index (χ3v) is 8.57. The molecule has 0 fully saturated rings. The number of benzene rings is 1. The molecule has 0 saturated carbocycles. The van der Waals surface area contributed by atoms with E-state index in [4.69, 9.17) is 9.79 Å². The fraction of sp³-hybridized carbons (Fsp3) is 0.533. The van der Waals surface area contributed by atoms with Crippen molar-refractivity contribution < 1.29 is 19.1 Å². The molecule has 0 aliphatic rings. The Hall–Kier alpha value is -0.730. The van der Waals surface area contributed by atoms with E-state index >= 15 is 0 Å². The third-order valence-electron chi connectivity index (χ3n) is 4.11. The molecule has 126 valence electrons. The van der Waals surface area contributed by atoms with Crippen molar-refractivity contribution in [1.29, 1.82) is 0 Å². The third kappa shape index (κ3) is 6.18. The molecule has 1 amide bonds. The van der Waals surface area contributed by atoms with Crippen molar-refractivity contribution in [2.24, 2.45) is 0 Å². The van der Waals surface area contributed by atoms with Crippen LogP contribution in [0.5, 0.6) is 0 Å². The van der Waals surface area contributed by atoms with Gasteiger partial charge in [-0.25, -0.2) is 0 Å². The molecule has 1 aromatic carbocycles. The second-order valence-corrected chi connectivity index (χ2v) is 13.6. The quantitative estimate of drug-likeness (QED) is 0.738. The molecule has 0 saturated heterocycles. The normalized spacial score (nSPS) is 13.0. The van der Waals surface area contributed by atoms with Crippen molar-refractivity contribution in [2.75, 3.05) is 32.2 Å². The zero-order chi connectivity index (χ0) is 17.0. The van der Waals surface area contributed by atoms with Crippen LogP contribution in [0.3, 0.4) is 0 Å². The number of carbonyl (C=O) groups excluding carboxylic acids is 1. The standard InChI is InChI=1S/C15H27NO4P2/c1-5-21(3,4)11-10-16(13(2)17)12-14-6-8-15(9-7-14)22(18,19)20/h6-9,21H,5,10-12H2,1-4H3,(H2,18,19,20). The first-order valence-corrected chi connectivity index (χ1v) is 12.5. The molecule has 0 spiro atoms. The average Bonchev–Trinajstić information content (AvgIpc) is 2.42. The molecule has 5 nitrogen and oxygen atoms in total. The van der Waals surface area contributed by atoms with Crippen molar-refractivity contribution in [3.8, 4) is 0 Å². The Morgan fingerprint density at radius 2 is 1.77 bits per heavy atom. The van der Waals surface area contributed by atoms with Crippen molar-refractivity contribution in [1.82, 2.24) is 4.90 Å². The van der Waals surface area contributed by atoms with E-state index in [0.29, 0.717) is 6.54 Å². The molecule has 0 radical (unpaired) electrons. The summed E-state index contributed by atoms with van der Waals surface area (Å²) in [6, 6.07) is 6.21. The predicted molar refractivity (Wildman–Crippen MR) is 94.8 cm³/mol. The number of rotatable bonds is 7. The molecular formula is C15H27NO4P2. The van der Waals surface area contributed by atoms with E-state index in [0.717, 1.165) is 18.3 Å². The van der Waals surface area contributed by atoms with E-state index in [1.165, 1.54) is 18.3 Å². The van der Waals surface area contributed by atoms with Gasteiger partial charge in [0.15, 0.2) is 0 Å². The van der Waals surface area contributed by atoms with Crippen LogP contribution in [0.2, 0.25) is 0 Å². The first-order valence-electron chi connectivity index (χ1n) is 7.46. The first kappa shape index (κ1) is 19.3. The van der Waals surface area contributed by atoms with Crippen LogP contribution >= 0.6 is 14.9 Å². The van der Waals surface area contributed by atoms with E-state index < -0.39 is 14.9 Å². The van der Waals surface area contributed by atoms with Gasteiger partial charge in [0.25, 0.3) is 0 Å². The summed E-state index contributed by atoms with van der Waals surface area (Å²) in [7, 11) is -5.44. The number of amides is 1. The SMILES string of the molecule is CC[PH](C)(C)CCN(Cc1ccc(P(=O)(O)O)cc1)C(C)=O. The van der Waals surface area contributed by atoms with Crippen LogP contribution in [0.25, 0.3) is 0 Å². The molecule has 1 aromatic rings. The van der Waals surface area contributed by atoms with Crippen LogP contribution < -0.4 is 5.30 Å². The monoisotopic (exact) mass is 347 g/mol. The molecule has 0 aliphatic heterocycles. The van der Waals surface area contributed by atoms with Gasteiger partial charge in [-0.3, -0.25) is 0 Å². The molecule has 0 unspecified atom stereocenters. The topological polar surface area (TPSA) is 77.8 Å². The molecule has 0 aliphatic carbocycles. The second-order valence-electron chi connectivity index (χ2n) is 6.42. The summed E-state index contributed by atoms with van der Waals surface area (Å²) in [5, 5.41) is 0.00477. The Morgan fingerprint density at radius 1 is 1.23 bits per heavy atom. The Kier molecular flexibility index (Phi) is 6.76. The van der Waals surface area contributed by atoms with Gasteiger partial charge in [-0.2, -0.15) is 0 Å². The summed E-state index contributed by atoms with van der Waals surface area (Å²) >= 11 is 0. The van der Waals surface area contributed by atoms with Crippen LogP contribution in [0.4, 0.5) is 0 Å². The minimum absolute atomic E-state index is 0.00477. The van der Waals surface area contributed by atoms with Crippen molar-refractivity contribution in [3.63, 3.8) is 0 Å². The predicted octanol–water partition coefficient (Wildman–Crippen LogP) is 1.87. The van der Waals surface area contributed by atoms with E-state index in [2.05, 4.69) is 20.3 Å². The van der Waals surface area contributed by atoms with Gasteiger partial charge in [0, 0.05) is 0 Å². The molecule has 0 aromatic heterocycles. The van der Waals surface area contributed by atoms with Gasteiger partial charge in [0.1, 0.15) is 0 Å². The van der Waals surface area contributed by atoms with Crippen LogP contribution in [0.1, 0.15) is 19.4 Å². The number of nitrogens with zero attached hydrogens (tertiary/aromatic N) is 1. The van der Waals surface area contributed by atoms with Crippen LogP contribution in [-0.2, 0) is 15.9 Å². The van der Waals surface area contributed by atoms with Crippen LogP contribution in [0.15, 0.2) is 24.3 Å². The molecule has 0 heterocycles. The molecule has 22 heavy (non-hydrogen) atoms. The van der Waals surface area contributed by atoms with Crippen LogP contribution in [0, 0.1) is 0 Å². The summed E-state index contributed by atoms with van der Waals surface area (Å²) < 4.78 is 11.2. The van der Waals surface area contributed by atoms with Gasteiger partial charge >= 0.3 is 133 Å². The summed E-state index contributed by atoms with van der Waals surface area (Å²) in [6.45, 7) is 9.61. The fourth-order valence-electron chi connectivity index (χ4n) is 1.98. The summed E-state index contributed by atoms with van der Waals surface area (Å²) in [5.41, 5.74) is 0.878. The zero-order valence-electron chi connectivity index (χ0n) is 13.7. The molecule has 7 heteroatoms. The van der Waals surface area contributed by atoms with Crippen LogP contribution in [-0.4, -0.2) is 52.8 Å². The Morgan fingerprint density at radius 3 is 2.18 bits per heavy atom. The van der Waals surface area contributed by atoms with Crippen molar-refractivity contribution in [3.05, 3.63) is 29.8 Å². The van der Waals surface area contributed by atoms with Gasteiger partial charge in [-0.15, -0.1) is 0 Å². The van der Waals surface area contributed by atoms with Crippen molar-refractivity contribution in [2.45, 2.75) is 20.4 Å². The fourth-order valence-corrected chi connectivity index (χ4v) is 3.74. The van der Waals surface area contributed by atoms with E-state index in [1.54, 1.807) is 24.0 Å². The Labute approximate surface area is 133 Å². The Balaban J connectivity index is 2.75. The molecule has 0 bridgehead atoms. The maximum absolute atomic E-state index is 11.8. The summed E-state index contributed by atoms with van der Waals surface area (Å²) in [5.74, 6) is 0.0277. The molecular weight excluding hydrogens is 320 g/mol. The van der Waals surface area contributed by atoms with Gasteiger partial charge in [-0.1, -0.05) is 0 Å². The number of hydrogen-bond acceptors (Lipinski definition) is 2. The first-order chi connectivity index (χ1) is 10.0. The summed E-state index contributed by atoms with van der Waals surface area (Å²) in [4.78, 5) is 31.8. The Bertz CT molecular complexity index is 551. The van der Waals surface area contributed by atoms with Crippen molar-refractivity contribution >= 4 is 26.1 Å². The summed E-state index contributed by atoms with van der Waals surface area (Å²) in [6.07, 6.45) is 2.25. The second kappa shape index (κ2) is 7.70. The maximum atomic E-state index is 11.8. The molecule has 0 atom stereocenters. The zero-order valence-corrected chi connectivity index (χ0v) is 15.6. The van der Waals surface area contributed by atoms with Gasteiger partial charge in [0.05, 0.1) is 0 Å². The molecule has 2 N–H and O–H groups in total. The van der Waals surface area contributed by atoms with Gasteiger partial charge in [-0.05, 0) is 0 Å². The van der Waals surface area contributed by atoms with Gasteiger partial charge in [0.2, 0.25) is 0 Å². The van der Waals surface area contributed by atoms with E-state index in [9.17, 15) is 9.36 Å². The average molecular weight is 347 g/mol. The van der Waals surface area contributed by atoms with Gasteiger partial charge < -0.3 is 0 Å². The van der Waals surface area contributed by atoms with E-state index in [1.807, 2.05) is 0 Å². The number of carbonyl (C=O) groups is 1. The number of hydrogen-bond donors (Lipinski definition) is 2. The van der Waals surface area contributed by atoms with E-state index in [-0.39, 0.29) is 11.2 Å². The minimum atomic E-state index is -4.21.